The number of carbonyl (C=O) groups excluding carboxylic acids is 1. The van der Waals surface area contributed by atoms with Crippen LogP contribution in [0.4, 0.5) is 0 Å². The van der Waals surface area contributed by atoms with Gasteiger partial charge in [-0.05, 0) is 35.4 Å². The minimum atomic E-state index is -0.508. The first-order valence-electron chi connectivity index (χ1n) is 10.9. The highest BCUT2D eigenvalue weighted by Crippen LogP contribution is 2.48. The Morgan fingerprint density at radius 1 is 1.03 bits per heavy atom. The van der Waals surface area contributed by atoms with Gasteiger partial charge in [0.1, 0.15) is 5.75 Å². The fraction of sp³-hybridized carbons (Fsp3) is 0.185. The van der Waals surface area contributed by atoms with Gasteiger partial charge in [-0.3, -0.25) is 4.79 Å². The monoisotopic (exact) mass is 472 g/mol. The van der Waals surface area contributed by atoms with E-state index in [9.17, 15) is 4.79 Å². The van der Waals surface area contributed by atoms with Crippen molar-refractivity contribution < 1.29 is 9.53 Å². The molecule has 0 amide bonds. The number of methoxy groups -OCH3 is 1. The lowest BCUT2D eigenvalue weighted by Gasteiger charge is -2.38. The first-order chi connectivity index (χ1) is 16.1. The van der Waals surface area contributed by atoms with E-state index in [-0.39, 0.29) is 17.9 Å². The molecule has 0 bridgehead atoms. The number of para-hydroxylation sites is 2. The molecule has 0 aliphatic carbocycles. The van der Waals surface area contributed by atoms with Gasteiger partial charge < -0.3 is 14.6 Å². The number of rotatable bonds is 3. The summed E-state index contributed by atoms with van der Waals surface area (Å²) in [7, 11) is 1.63. The molecule has 2 aliphatic rings. The lowest BCUT2D eigenvalue weighted by atomic mass is 9.87. The molecule has 0 unspecified atom stereocenters. The summed E-state index contributed by atoms with van der Waals surface area (Å²) >= 11 is 12.2. The minimum absolute atomic E-state index is 0.124. The lowest BCUT2D eigenvalue weighted by molar-refractivity contribution is -0.121. The Balaban J connectivity index is 1.55. The van der Waals surface area contributed by atoms with Gasteiger partial charge in [0.05, 0.1) is 30.1 Å². The molecule has 33 heavy (non-hydrogen) atoms. The number of hydrogen-bond donors (Lipinski definition) is 1. The van der Waals surface area contributed by atoms with Crippen LogP contribution < -0.4 is 4.74 Å². The second-order valence-electron chi connectivity index (χ2n) is 8.56. The zero-order valence-electron chi connectivity index (χ0n) is 17.9. The smallest absolute Gasteiger partial charge is 0.169 e. The fourth-order valence-electron chi connectivity index (χ4n) is 5.43. The Bertz CT molecular complexity index is 1410. The summed E-state index contributed by atoms with van der Waals surface area (Å²) in [5, 5.41) is 1.83. The number of carbonyl (C=O) groups is 1. The van der Waals surface area contributed by atoms with Gasteiger partial charge in [0.15, 0.2) is 5.78 Å². The maximum absolute atomic E-state index is 13.9. The largest absolute Gasteiger partial charge is 0.496 e. The van der Waals surface area contributed by atoms with Crippen molar-refractivity contribution >= 4 is 45.5 Å². The maximum atomic E-state index is 13.9. The van der Waals surface area contributed by atoms with Crippen LogP contribution in [0.15, 0.2) is 72.8 Å². The van der Waals surface area contributed by atoms with Crippen LogP contribution in [0.3, 0.4) is 0 Å². The van der Waals surface area contributed by atoms with Gasteiger partial charge >= 0.3 is 0 Å². The van der Waals surface area contributed by atoms with Crippen LogP contribution in [-0.4, -0.2) is 33.8 Å². The molecule has 0 saturated carbocycles. The van der Waals surface area contributed by atoms with Crippen LogP contribution in [-0.2, 0) is 11.2 Å². The van der Waals surface area contributed by atoms with E-state index < -0.39 is 5.92 Å². The first-order valence-corrected chi connectivity index (χ1v) is 11.7. The maximum Gasteiger partial charge on any atom is 0.169 e. The van der Waals surface area contributed by atoms with Gasteiger partial charge in [0.25, 0.3) is 0 Å². The van der Waals surface area contributed by atoms with Crippen molar-refractivity contribution in [2.45, 2.75) is 24.4 Å². The Kier molecular flexibility index (Phi) is 4.78. The Morgan fingerprint density at radius 3 is 2.55 bits per heavy atom. The topological polar surface area (TPSA) is 45.3 Å². The predicted octanol–water partition coefficient (Wildman–Crippen LogP) is 5.84. The molecule has 3 heterocycles. The molecule has 0 spiro atoms. The summed E-state index contributed by atoms with van der Waals surface area (Å²) < 4.78 is 5.59. The lowest BCUT2D eigenvalue weighted by Crippen LogP contribution is -2.43. The molecule has 4 nitrogen and oxygen atoms in total. The Labute approximate surface area is 202 Å². The van der Waals surface area contributed by atoms with Crippen molar-refractivity contribution in [3.8, 4) is 5.75 Å². The summed E-state index contributed by atoms with van der Waals surface area (Å²) in [6.07, 6.45) is 0.619. The normalized spacial score (nSPS) is 21.9. The molecule has 1 saturated heterocycles. The number of Topliss-reactive ketones (excluding diaryl/α,β-unsaturated/α-hetero) is 1. The van der Waals surface area contributed by atoms with E-state index in [1.807, 2.05) is 60.7 Å². The van der Waals surface area contributed by atoms with Crippen molar-refractivity contribution in [3.63, 3.8) is 0 Å². The SMILES string of the molecule is COc1ccccc1[C@@H]1C(=O)[C@@H]2Cc3c([nH]c4ccccc34)[C@@H](c3ccc(Cl)cc3)N2C1=S. The number of aromatic nitrogens is 1. The number of benzene rings is 3. The number of nitrogens with one attached hydrogen (secondary N) is 1. The van der Waals surface area contributed by atoms with Crippen LogP contribution in [0.1, 0.15) is 34.3 Å². The quantitative estimate of drug-likeness (QED) is 0.380. The second kappa shape index (κ2) is 7.72. The summed E-state index contributed by atoms with van der Waals surface area (Å²) in [5.41, 5.74) is 5.22. The number of nitrogens with zero attached hydrogens (tertiary/aromatic N) is 1. The van der Waals surface area contributed by atoms with Gasteiger partial charge in [-0.1, -0.05) is 72.3 Å². The third-order valence-corrected chi connectivity index (χ3v) is 7.58. The van der Waals surface area contributed by atoms with E-state index in [1.165, 1.54) is 5.56 Å². The second-order valence-corrected chi connectivity index (χ2v) is 9.41. The van der Waals surface area contributed by atoms with Crippen molar-refractivity contribution in [3.05, 3.63) is 100 Å². The molecule has 0 radical (unpaired) electrons. The molecule has 1 N–H and O–H groups in total. The van der Waals surface area contributed by atoms with Gasteiger partial charge in [-0.15, -0.1) is 0 Å². The zero-order chi connectivity index (χ0) is 22.7. The van der Waals surface area contributed by atoms with E-state index in [4.69, 9.17) is 28.6 Å². The average Bonchev–Trinajstić information content (AvgIpc) is 3.33. The third-order valence-electron chi connectivity index (χ3n) is 6.88. The molecule has 3 aromatic carbocycles. The van der Waals surface area contributed by atoms with Crippen LogP contribution in [0, 0.1) is 0 Å². The van der Waals surface area contributed by atoms with Gasteiger partial charge in [-0.25, -0.2) is 0 Å². The van der Waals surface area contributed by atoms with Crippen molar-refractivity contribution in [1.82, 2.24) is 9.88 Å². The Hall–Kier alpha value is -3.15. The number of fused-ring (bicyclic) bond motifs is 4. The first kappa shape index (κ1) is 20.5. The highest BCUT2D eigenvalue weighted by atomic mass is 35.5. The van der Waals surface area contributed by atoms with Gasteiger partial charge in [0, 0.05) is 33.6 Å². The van der Waals surface area contributed by atoms with E-state index in [0.717, 1.165) is 27.7 Å². The average molecular weight is 473 g/mol. The molecule has 2 aliphatic heterocycles. The van der Waals surface area contributed by atoms with Crippen molar-refractivity contribution in [2.75, 3.05) is 7.11 Å². The van der Waals surface area contributed by atoms with Crippen LogP contribution in [0.2, 0.25) is 5.02 Å². The van der Waals surface area contributed by atoms with Crippen molar-refractivity contribution in [1.29, 1.82) is 0 Å². The van der Waals surface area contributed by atoms with Gasteiger partial charge in [-0.2, -0.15) is 0 Å². The molecule has 1 fully saturated rings. The van der Waals surface area contributed by atoms with E-state index in [2.05, 4.69) is 22.0 Å². The molecule has 6 rings (SSSR count). The number of hydrogen-bond acceptors (Lipinski definition) is 3. The number of ether oxygens (including phenoxy) is 1. The van der Waals surface area contributed by atoms with Crippen LogP contribution in [0.5, 0.6) is 5.75 Å². The number of ketones is 1. The standard InChI is InChI=1S/C27H21ClN2O2S/c1-32-22-9-5-3-7-18(22)23-26(31)21-14-19-17-6-2-4-8-20(17)29-24(19)25(30(21)27(23)33)15-10-12-16(28)13-11-15/h2-13,21,23,25,29H,14H2,1H3/t21-,23+,25+/m0/s1. The highest BCUT2D eigenvalue weighted by Gasteiger charge is 2.52. The minimum Gasteiger partial charge on any atom is -0.496 e. The predicted molar refractivity (Wildman–Crippen MR) is 134 cm³/mol. The molecule has 3 atom stereocenters. The Morgan fingerprint density at radius 2 is 1.76 bits per heavy atom. The summed E-state index contributed by atoms with van der Waals surface area (Å²) in [6.45, 7) is 0. The van der Waals surface area contributed by atoms with Crippen molar-refractivity contribution in [2.24, 2.45) is 0 Å². The fourth-order valence-corrected chi connectivity index (χ4v) is 6.03. The molecule has 6 heteroatoms. The van der Waals surface area contributed by atoms with Crippen LogP contribution in [0.25, 0.3) is 10.9 Å². The molecule has 4 aromatic rings. The summed E-state index contributed by atoms with van der Waals surface area (Å²) in [6, 6.07) is 23.2. The number of thiocarbonyl (C=S) groups is 1. The highest BCUT2D eigenvalue weighted by molar-refractivity contribution is 7.80. The number of halogens is 1. The summed E-state index contributed by atoms with van der Waals surface area (Å²) in [5.74, 6) is 0.302. The van der Waals surface area contributed by atoms with Crippen LogP contribution >= 0.6 is 23.8 Å². The third kappa shape index (κ3) is 3.03. The molecular weight excluding hydrogens is 452 g/mol. The van der Waals surface area contributed by atoms with E-state index in [1.54, 1.807) is 7.11 Å². The number of aromatic amines is 1. The van der Waals surface area contributed by atoms with E-state index >= 15 is 0 Å². The molecular formula is C27H21ClN2O2S. The van der Waals surface area contributed by atoms with E-state index in [0.29, 0.717) is 22.2 Å². The zero-order valence-corrected chi connectivity index (χ0v) is 19.5. The number of H-pyrrole nitrogens is 1. The summed E-state index contributed by atoms with van der Waals surface area (Å²) in [4.78, 5) is 20.3. The van der Waals surface area contributed by atoms with Gasteiger partial charge in [0.2, 0.25) is 0 Å². The molecule has 1 aromatic heterocycles. The molecule has 164 valence electrons.